The predicted molar refractivity (Wildman–Crippen MR) is 60.3 cm³/mol. The van der Waals surface area contributed by atoms with Gasteiger partial charge in [-0.25, -0.2) is 4.98 Å². The quantitative estimate of drug-likeness (QED) is 0.712. The molecule has 0 aliphatic heterocycles. The number of nitrogens with zero attached hydrogens (tertiary/aromatic N) is 1. The molecule has 4 N–H and O–H groups in total. The molecule has 15 heavy (non-hydrogen) atoms. The van der Waals surface area contributed by atoms with Crippen molar-refractivity contribution in [3.8, 4) is 11.4 Å². The van der Waals surface area contributed by atoms with Crippen LogP contribution >= 0.6 is 0 Å². The topological polar surface area (TPSA) is 70.5 Å². The Hall–Kier alpha value is -1.55. The van der Waals surface area contributed by atoms with Gasteiger partial charge in [0.25, 0.3) is 0 Å². The highest BCUT2D eigenvalue weighted by Crippen LogP contribution is 2.15. The van der Waals surface area contributed by atoms with Gasteiger partial charge in [0.05, 0.1) is 17.6 Å². The van der Waals surface area contributed by atoms with Gasteiger partial charge in [0.15, 0.2) is 0 Å². The van der Waals surface area contributed by atoms with Crippen LogP contribution in [0.2, 0.25) is 0 Å². The van der Waals surface area contributed by atoms with Crippen LogP contribution in [0.1, 0.15) is 19.7 Å². The van der Waals surface area contributed by atoms with Crippen LogP contribution in [-0.2, 0) is 6.42 Å². The first-order valence-electron chi connectivity index (χ1n) is 5.01. The molecule has 0 amide bonds. The molecular formula is C11H16N4. The van der Waals surface area contributed by atoms with Gasteiger partial charge in [-0.05, 0) is 26.0 Å². The lowest BCUT2D eigenvalue weighted by molar-refractivity contribution is 0.505. The fraction of sp³-hybridized carbons (Fsp3) is 0.364. The number of nitrogens with one attached hydrogen (secondary N) is 2. The minimum absolute atomic E-state index is 0.231. The fourth-order valence-corrected chi connectivity index (χ4v) is 1.52. The highest BCUT2D eigenvalue weighted by molar-refractivity contribution is 5.53. The summed E-state index contributed by atoms with van der Waals surface area (Å²) in [6.45, 7) is 3.98. The van der Waals surface area contributed by atoms with Crippen molar-refractivity contribution in [1.82, 2.24) is 15.0 Å². The maximum absolute atomic E-state index is 5.93. The first kappa shape index (κ1) is 9.98. The lowest BCUT2D eigenvalue weighted by Gasteiger charge is -2.15. The third-order valence-electron chi connectivity index (χ3n) is 2.14. The molecule has 80 valence electrons. The zero-order valence-corrected chi connectivity index (χ0v) is 9.04. The number of aromatic amines is 2. The molecule has 2 aromatic heterocycles. The molecule has 2 rings (SSSR count). The molecule has 4 nitrogen and oxygen atoms in total. The molecule has 0 saturated heterocycles. The number of aromatic nitrogens is 3. The van der Waals surface area contributed by atoms with Crippen molar-refractivity contribution in [3.63, 3.8) is 0 Å². The monoisotopic (exact) mass is 204 g/mol. The van der Waals surface area contributed by atoms with E-state index in [-0.39, 0.29) is 5.54 Å². The van der Waals surface area contributed by atoms with E-state index in [2.05, 4.69) is 15.0 Å². The number of hydrogen-bond acceptors (Lipinski definition) is 2. The van der Waals surface area contributed by atoms with Crippen LogP contribution in [0.25, 0.3) is 11.4 Å². The van der Waals surface area contributed by atoms with Gasteiger partial charge in [0, 0.05) is 18.2 Å². The van der Waals surface area contributed by atoms with E-state index in [1.54, 1.807) is 0 Å². The molecule has 0 aromatic carbocycles. The van der Waals surface area contributed by atoms with Crippen molar-refractivity contribution in [2.24, 2.45) is 5.73 Å². The van der Waals surface area contributed by atoms with Crippen LogP contribution in [0.4, 0.5) is 0 Å². The molecule has 0 saturated carbocycles. The van der Waals surface area contributed by atoms with Crippen LogP contribution < -0.4 is 5.73 Å². The number of rotatable bonds is 3. The van der Waals surface area contributed by atoms with E-state index in [0.717, 1.165) is 23.6 Å². The molecule has 0 aliphatic rings. The molecule has 0 spiro atoms. The van der Waals surface area contributed by atoms with Gasteiger partial charge in [-0.2, -0.15) is 0 Å². The summed E-state index contributed by atoms with van der Waals surface area (Å²) in [5, 5.41) is 0. The summed E-state index contributed by atoms with van der Waals surface area (Å²) in [6, 6.07) is 3.97. The molecule has 4 heteroatoms. The number of nitrogens with two attached hydrogens (primary N) is 1. The van der Waals surface area contributed by atoms with Crippen LogP contribution in [-0.4, -0.2) is 20.5 Å². The average molecular weight is 204 g/mol. The SMILES string of the molecule is CC(C)(N)Cc1ncc(-c2ccc[nH]2)[nH]1. The number of imidazole rings is 1. The number of H-pyrrole nitrogens is 2. The molecule has 0 radical (unpaired) electrons. The van der Waals surface area contributed by atoms with E-state index in [1.807, 2.05) is 38.4 Å². The summed E-state index contributed by atoms with van der Waals surface area (Å²) in [6.07, 6.45) is 4.46. The molecule has 0 fully saturated rings. The van der Waals surface area contributed by atoms with Crippen molar-refractivity contribution in [3.05, 3.63) is 30.4 Å². The summed E-state index contributed by atoms with van der Waals surface area (Å²) in [5.74, 6) is 0.923. The predicted octanol–water partition coefficient (Wildman–Crippen LogP) is 1.68. The van der Waals surface area contributed by atoms with Crippen molar-refractivity contribution in [1.29, 1.82) is 0 Å². The van der Waals surface area contributed by atoms with Crippen molar-refractivity contribution in [2.45, 2.75) is 25.8 Å². The lowest BCUT2D eigenvalue weighted by atomic mass is 10.0. The summed E-state index contributed by atoms with van der Waals surface area (Å²) in [7, 11) is 0. The van der Waals surface area contributed by atoms with Gasteiger partial charge in [-0.15, -0.1) is 0 Å². The highest BCUT2D eigenvalue weighted by Gasteiger charge is 2.14. The molecular weight excluding hydrogens is 188 g/mol. The summed E-state index contributed by atoms with van der Waals surface area (Å²) in [5.41, 5.74) is 7.74. The van der Waals surface area contributed by atoms with Gasteiger partial charge in [0.2, 0.25) is 0 Å². The van der Waals surface area contributed by atoms with E-state index in [1.165, 1.54) is 0 Å². The largest absolute Gasteiger partial charge is 0.360 e. The molecule has 0 bridgehead atoms. The second-order valence-electron chi connectivity index (χ2n) is 4.49. The first-order valence-corrected chi connectivity index (χ1v) is 5.01. The standard InChI is InChI=1S/C11H16N4/c1-11(2,12)6-10-14-7-9(15-10)8-4-3-5-13-8/h3-5,7,13H,6,12H2,1-2H3,(H,14,15). The van der Waals surface area contributed by atoms with Crippen molar-refractivity contribution in [2.75, 3.05) is 0 Å². The molecule has 2 aromatic rings. The maximum atomic E-state index is 5.93. The normalized spacial score (nSPS) is 11.9. The smallest absolute Gasteiger partial charge is 0.108 e. The van der Waals surface area contributed by atoms with Gasteiger partial charge in [-0.3, -0.25) is 0 Å². The summed E-state index contributed by atoms with van der Waals surface area (Å²) >= 11 is 0. The third-order valence-corrected chi connectivity index (χ3v) is 2.14. The van der Waals surface area contributed by atoms with Gasteiger partial charge in [-0.1, -0.05) is 0 Å². The minimum atomic E-state index is -0.231. The molecule has 0 aliphatic carbocycles. The number of hydrogen-bond donors (Lipinski definition) is 3. The van der Waals surface area contributed by atoms with Crippen LogP contribution in [0.3, 0.4) is 0 Å². The zero-order chi connectivity index (χ0) is 10.9. The Bertz CT molecular complexity index is 420. The lowest BCUT2D eigenvalue weighted by Crippen LogP contribution is -2.34. The summed E-state index contributed by atoms with van der Waals surface area (Å²) in [4.78, 5) is 10.7. The Balaban J connectivity index is 2.18. The van der Waals surface area contributed by atoms with E-state index in [0.29, 0.717) is 0 Å². The maximum Gasteiger partial charge on any atom is 0.108 e. The van der Waals surface area contributed by atoms with E-state index >= 15 is 0 Å². The van der Waals surface area contributed by atoms with Crippen LogP contribution in [0.5, 0.6) is 0 Å². The molecule has 0 unspecified atom stereocenters. The Morgan fingerprint density at radius 2 is 2.20 bits per heavy atom. The van der Waals surface area contributed by atoms with Crippen LogP contribution in [0, 0.1) is 0 Å². The Kier molecular flexibility index (Phi) is 2.36. The third kappa shape index (κ3) is 2.47. The first-order chi connectivity index (χ1) is 7.04. The van der Waals surface area contributed by atoms with Gasteiger partial charge < -0.3 is 15.7 Å². The molecule has 2 heterocycles. The van der Waals surface area contributed by atoms with Gasteiger partial charge >= 0.3 is 0 Å². The fourth-order valence-electron chi connectivity index (χ4n) is 1.52. The highest BCUT2D eigenvalue weighted by atomic mass is 14.9. The van der Waals surface area contributed by atoms with Crippen molar-refractivity contribution < 1.29 is 0 Å². The second-order valence-corrected chi connectivity index (χ2v) is 4.49. The zero-order valence-electron chi connectivity index (χ0n) is 9.04. The van der Waals surface area contributed by atoms with Gasteiger partial charge in [0.1, 0.15) is 5.82 Å². The molecule has 0 atom stereocenters. The Morgan fingerprint density at radius 3 is 2.80 bits per heavy atom. The Labute approximate surface area is 88.9 Å². The van der Waals surface area contributed by atoms with E-state index in [4.69, 9.17) is 5.73 Å². The van der Waals surface area contributed by atoms with E-state index < -0.39 is 0 Å². The van der Waals surface area contributed by atoms with Crippen LogP contribution in [0.15, 0.2) is 24.5 Å². The second kappa shape index (κ2) is 3.55. The minimum Gasteiger partial charge on any atom is -0.360 e. The average Bonchev–Trinajstić information content (AvgIpc) is 2.68. The van der Waals surface area contributed by atoms with E-state index in [9.17, 15) is 0 Å². The summed E-state index contributed by atoms with van der Waals surface area (Å²) < 4.78 is 0. The van der Waals surface area contributed by atoms with Crippen molar-refractivity contribution >= 4 is 0 Å². The Morgan fingerprint density at radius 1 is 1.40 bits per heavy atom.